The van der Waals surface area contributed by atoms with Gasteiger partial charge in [-0.3, -0.25) is 0 Å². The van der Waals surface area contributed by atoms with E-state index in [1.807, 2.05) is 0 Å². The highest BCUT2D eigenvalue weighted by Gasteiger charge is 2.44. The van der Waals surface area contributed by atoms with E-state index in [1.54, 1.807) is 13.8 Å². The molecule has 1 heterocycles. The van der Waals surface area contributed by atoms with Crippen molar-refractivity contribution >= 4 is 22.0 Å². The van der Waals surface area contributed by atoms with Gasteiger partial charge in [0.25, 0.3) is 0 Å². The fourth-order valence-corrected chi connectivity index (χ4v) is 3.06. The van der Waals surface area contributed by atoms with Gasteiger partial charge in [0.1, 0.15) is 0 Å². The Hall–Kier alpha value is -1.39. The highest BCUT2D eigenvalue weighted by Crippen LogP contribution is 2.18. The van der Waals surface area contributed by atoms with Gasteiger partial charge in [-0.1, -0.05) is 0 Å². The predicted octanol–water partition coefficient (Wildman–Crippen LogP) is -1.14. The molecule has 0 aromatic carbocycles. The van der Waals surface area contributed by atoms with Crippen LogP contribution in [0.5, 0.6) is 0 Å². The van der Waals surface area contributed by atoms with E-state index in [4.69, 9.17) is 4.74 Å². The SMILES string of the molecule is CC(C)(CNC(=O)NC1(C(=O)O)CCOC1)NS(C)(=O)=O. The summed E-state index contributed by atoms with van der Waals surface area (Å²) in [6.07, 6.45) is 1.20. The Morgan fingerprint density at radius 3 is 2.43 bits per heavy atom. The van der Waals surface area contributed by atoms with E-state index >= 15 is 0 Å². The van der Waals surface area contributed by atoms with Crippen molar-refractivity contribution in [3.8, 4) is 0 Å². The summed E-state index contributed by atoms with van der Waals surface area (Å²) in [5.41, 5.74) is -2.33. The van der Waals surface area contributed by atoms with Crippen LogP contribution in [0.15, 0.2) is 0 Å². The molecule has 4 N–H and O–H groups in total. The Morgan fingerprint density at radius 1 is 1.38 bits per heavy atom. The zero-order valence-corrected chi connectivity index (χ0v) is 13.0. The number of carbonyl (C=O) groups is 2. The summed E-state index contributed by atoms with van der Waals surface area (Å²) in [6, 6.07) is -0.689. The summed E-state index contributed by atoms with van der Waals surface area (Å²) in [5.74, 6) is -1.16. The molecule has 21 heavy (non-hydrogen) atoms. The van der Waals surface area contributed by atoms with E-state index in [0.29, 0.717) is 0 Å². The number of hydrogen-bond acceptors (Lipinski definition) is 5. The fourth-order valence-electron chi connectivity index (χ4n) is 1.99. The van der Waals surface area contributed by atoms with Crippen LogP contribution in [0.1, 0.15) is 20.3 Å². The summed E-state index contributed by atoms with van der Waals surface area (Å²) in [7, 11) is -3.41. The maximum absolute atomic E-state index is 11.8. The van der Waals surface area contributed by atoms with E-state index < -0.39 is 33.1 Å². The molecule has 0 aromatic rings. The average Bonchev–Trinajstić information content (AvgIpc) is 2.73. The fraction of sp³-hybridized carbons (Fsp3) is 0.818. The molecule has 2 amide bonds. The Bertz CT molecular complexity index is 510. The molecule has 0 aliphatic carbocycles. The molecule has 9 nitrogen and oxygen atoms in total. The molecule has 1 rings (SSSR count). The number of carbonyl (C=O) groups excluding carboxylic acids is 1. The third kappa shape index (κ3) is 5.48. The maximum atomic E-state index is 11.8. The van der Waals surface area contributed by atoms with Crippen LogP contribution >= 0.6 is 0 Å². The minimum absolute atomic E-state index is 0.00244. The molecule has 0 saturated carbocycles. The van der Waals surface area contributed by atoms with Gasteiger partial charge in [0.15, 0.2) is 5.54 Å². The van der Waals surface area contributed by atoms with Crippen molar-refractivity contribution in [1.82, 2.24) is 15.4 Å². The van der Waals surface area contributed by atoms with Crippen LogP contribution in [0, 0.1) is 0 Å². The van der Waals surface area contributed by atoms with E-state index in [0.717, 1.165) is 6.26 Å². The number of urea groups is 1. The second-order valence-electron chi connectivity index (χ2n) is 5.76. The first-order chi connectivity index (χ1) is 9.46. The number of aliphatic carboxylic acids is 1. The number of ether oxygens (including phenoxy) is 1. The Balaban J connectivity index is 2.56. The lowest BCUT2D eigenvalue weighted by molar-refractivity contribution is -0.144. The number of amides is 2. The van der Waals surface area contributed by atoms with Crippen molar-refractivity contribution in [2.24, 2.45) is 0 Å². The van der Waals surface area contributed by atoms with Gasteiger partial charge in [-0.2, -0.15) is 0 Å². The average molecular weight is 323 g/mol. The van der Waals surface area contributed by atoms with Gasteiger partial charge in [0.2, 0.25) is 10.0 Å². The number of carboxylic acid groups (broad SMARTS) is 1. The van der Waals surface area contributed by atoms with Crippen molar-refractivity contribution in [1.29, 1.82) is 0 Å². The largest absolute Gasteiger partial charge is 0.479 e. The first-order valence-electron chi connectivity index (χ1n) is 6.32. The third-order valence-corrected chi connectivity index (χ3v) is 3.86. The summed E-state index contributed by atoms with van der Waals surface area (Å²) >= 11 is 0. The van der Waals surface area contributed by atoms with Crippen LogP contribution in [0.3, 0.4) is 0 Å². The van der Waals surface area contributed by atoms with Gasteiger partial charge in [-0.25, -0.2) is 22.7 Å². The zero-order valence-electron chi connectivity index (χ0n) is 12.2. The molecule has 10 heteroatoms. The second kappa shape index (κ2) is 6.16. The topological polar surface area (TPSA) is 134 Å². The van der Waals surface area contributed by atoms with E-state index in [2.05, 4.69) is 15.4 Å². The highest BCUT2D eigenvalue weighted by atomic mass is 32.2. The molecule has 1 aliphatic rings. The smallest absolute Gasteiger partial charge is 0.332 e. The van der Waals surface area contributed by atoms with Gasteiger partial charge >= 0.3 is 12.0 Å². The van der Waals surface area contributed by atoms with Gasteiger partial charge in [0, 0.05) is 25.1 Å². The molecule has 1 atom stereocenters. The molecule has 1 fully saturated rings. The number of sulfonamides is 1. The van der Waals surface area contributed by atoms with E-state index in [-0.39, 0.29) is 26.2 Å². The minimum Gasteiger partial charge on any atom is -0.479 e. The minimum atomic E-state index is -3.41. The molecule has 1 unspecified atom stereocenters. The lowest BCUT2D eigenvalue weighted by atomic mass is 9.99. The summed E-state index contributed by atoms with van der Waals surface area (Å²) in [4.78, 5) is 23.0. The normalized spacial score (nSPS) is 22.8. The molecule has 0 radical (unpaired) electrons. The highest BCUT2D eigenvalue weighted by molar-refractivity contribution is 7.88. The lowest BCUT2D eigenvalue weighted by Gasteiger charge is -2.28. The second-order valence-corrected chi connectivity index (χ2v) is 7.50. The lowest BCUT2D eigenvalue weighted by Crippen LogP contribution is -2.60. The summed E-state index contributed by atoms with van der Waals surface area (Å²) in [5, 5.41) is 14.0. The standard InChI is InChI=1S/C11H21N3O6S/c1-10(2,14-21(3,18)19)6-12-9(17)13-11(8(15)16)4-5-20-7-11/h14H,4-7H2,1-3H3,(H,15,16)(H2,12,13,17). The van der Waals surface area contributed by atoms with Crippen LogP contribution < -0.4 is 15.4 Å². The van der Waals surface area contributed by atoms with Crippen molar-refractivity contribution in [2.45, 2.75) is 31.3 Å². The molecule has 0 spiro atoms. The van der Waals surface area contributed by atoms with Gasteiger partial charge < -0.3 is 20.5 Å². The van der Waals surface area contributed by atoms with Crippen LogP contribution in [0.25, 0.3) is 0 Å². The van der Waals surface area contributed by atoms with Crippen LogP contribution in [0.2, 0.25) is 0 Å². The quantitative estimate of drug-likeness (QED) is 0.488. The third-order valence-electron chi connectivity index (χ3n) is 2.94. The Kier molecular flexibility index (Phi) is 5.18. The van der Waals surface area contributed by atoms with Crippen molar-refractivity contribution in [3.63, 3.8) is 0 Å². The maximum Gasteiger partial charge on any atom is 0.332 e. The molecule has 0 aromatic heterocycles. The molecular weight excluding hydrogens is 302 g/mol. The first-order valence-corrected chi connectivity index (χ1v) is 8.21. The molecule has 1 aliphatic heterocycles. The number of nitrogens with one attached hydrogen (secondary N) is 3. The van der Waals surface area contributed by atoms with Crippen LogP contribution in [-0.2, 0) is 19.6 Å². The molecular formula is C11H21N3O6S. The van der Waals surface area contributed by atoms with Crippen molar-refractivity contribution < 1.29 is 27.9 Å². The molecule has 1 saturated heterocycles. The number of carboxylic acids is 1. The van der Waals surface area contributed by atoms with Crippen LogP contribution in [-0.4, -0.2) is 62.6 Å². The van der Waals surface area contributed by atoms with E-state index in [9.17, 15) is 23.1 Å². The monoisotopic (exact) mass is 323 g/mol. The van der Waals surface area contributed by atoms with Gasteiger partial charge in [-0.05, 0) is 13.8 Å². The molecule has 122 valence electrons. The molecule has 0 bridgehead atoms. The summed E-state index contributed by atoms with van der Waals surface area (Å²) < 4.78 is 29.7. The Labute approximate surface area is 123 Å². The zero-order chi connectivity index (χ0) is 16.3. The number of rotatable bonds is 6. The van der Waals surface area contributed by atoms with Crippen molar-refractivity contribution in [3.05, 3.63) is 0 Å². The van der Waals surface area contributed by atoms with Crippen molar-refractivity contribution in [2.75, 3.05) is 26.0 Å². The van der Waals surface area contributed by atoms with Crippen LogP contribution in [0.4, 0.5) is 4.79 Å². The van der Waals surface area contributed by atoms with Gasteiger partial charge in [-0.15, -0.1) is 0 Å². The predicted molar refractivity (Wildman–Crippen MR) is 74.4 cm³/mol. The Morgan fingerprint density at radius 2 is 2.00 bits per heavy atom. The summed E-state index contributed by atoms with van der Waals surface area (Å²) in [6.45, 7) is 3.36. The van der Waals surface area contributed by atoms with E-state index in [1.165, 1.54) is 0 Å². The first kappa shape index (κ1) is 17.7. The number of hydrogen-bond donors (Lipinski definition) is 4. The van der Waals surface area contributed by atoms with Gasteiger partial charge in [0.05, 0.1) is 12.9 Å².